The van der Waals surface area contributed by atoms with E-state index in [9.17, 15) is 4.79 Å². The zero-order valence-electron chi connectivity index (χ0n) is 11.0. The van der Waals surface area contributed by atoms with E-state index in [4.69, 9.17) is 9.84 Å². The van der Waals surface area contributed by atoms with E-state index >= 15 is 0 Å². The number of imidazole rings is 1. The molecule has 0 radical (unpaired) electrons. The summed E-state index contributed by atoms with van der Waals surface area (Å²) in [6.45, 7) is 7.16. The molecule has 2 rings (SSSR count). The maximum atomic E-state index is 11.9. The van der Waals surface area contributed by atoms with Crippen molar-refractivity contribution in [1.29, 1.82) is 0 Å². The van der Waals surface area contributed by atoms with Crippen LogP contribution in [0.15, 0.2) is 6.20 Å². The van der Waals surface area contributed by atoms with Gasteiger partial charge in [0, 0.05) is 13.1 Å². The summed E-state index contributed by atoms with van der Waals surface area (Å²) in [5.74, 6) is 0.788. The molecule has 0 aliphatic carbocycles. The van der Waals surface area contributed by atoms with Crippen molar-refractivity contribution in [3.63, 3.8) is 0 Å². The minimum atomic E-state index is -0.486. The van der Waals surface area contributed by atoms with Gasteiger partial charge in [-0.3, -0.25) is 4.90 Å². The van der Waals surface area contributed by atoms with Crippen molar-refractivity contribution in [2.75, 3.05) is 6.54 Å². The lowest BCUT2D eigenvalue weighted by atomic mass is 10.2. The summed E-state index contributed by atoms with van der Waals surface area (Å²) >= 11 is 0. The van der Waals surface area contributed by atoms with Crippen molar-refractivity contribution >= 4 is 6.09 Å². The molecule has 0 unspecified atom stereocenters. The van der Waals surface area contributed by atoms with E-state index in [2.05, 4.69) is 4.98 Å². The van der Waals surface area contributed by atoms with Crippen molar-refractivity contribution in [2.45, 2.75) is 46.1 Å². The van der Waals surface area contributed by atoms with Gasteiger partial charge in [-0.25, -0.2) is 9.78 Å². The minimum absolute atomic E-state index is 0.0283. The van der Waals surface area contributed by atoms with Crippen LogP contribution in [0.4, 0.5) is 4.79 Å². The molecule has 1 aromatic heterocycles. The van der Waals surface area contributed by atoms with Gasteiger partial charge in [-0.2, -0.15) is 0 Å². The Labute approximate surface area is 106 Å². The molecule has 18 heavy (non-hydrogen) atoms. The molecule has 0 spiro atoms. The first kappa shape index (κ1) is 12.9. The van der Waals surface area contributed by atoms with E-state index in [0.29, 0.717) is 19.6 Å². The van der Waals surface area contributed by atoms with Crippen molar-refractivity contribution in [3.05, 3.63) is 17.7 Å². The van der Waals surface area contributed by atoms with Gasteiger partial charge in [0.15, 0.2) is 0 Å². The molecule has 1 amide bonds. The Morgan fingerprint density at radius 2 is 2.22 bits per heavy atom. The minimum Gasteiger partial charge on any atom is -0.444 e. The van der Waals surface area contributed by atoms with Crippen LogP contribution >= 0.6 is 0 Å². The number of nitrogens with zero attached hydrogens (tertiary/aromatic N) is 3. The van der Waals surface area contributed by atoms with E-state index in [0.717, 1.165) is 11.5 Å². The molecule has 0 fully saturated rings. The molecule has 0 saturated carbocycles. The number of ether oxygens (including phenoxy) is 1. The average Bonchev–Trinajstić information content (AvgIpc) is 2.68. The number of aromatic nitrogens is 2. The van der Waals surface area contributed by atoms with Gasteiger partial charge in [-0.15, -0.1) is 0 Å². The summed E-state index contributed by atoms with van der Waals surface area (Å²) in [6.07, 6.45) is 1.33. The smallest absolute Gasteiger partial charge is 0.410 e. The molecule has 2 heterocycles. The first-order valence-electron chi connectivity index (χ1n) is 6.03. The van der Waals surface area contributed by atoms with Gasteiger partial charge in [0.1, 0.15) is 11.4 Å². The average molecular weight is 253 g/mol. The molecule has 100 valence electrons. The van der Waals surface area contributed by atoms with Gasteiger partial charge in [0.25, 0.3) is 0 Å². The predicted molar refractivity (Wildman–Crippen MR) is 64.8 cm³/mol. The van der Waals surface area contributed by atoms with Crippen LogP contribution in [-0.4, -0.2) is 37.8 Å². The fourth-order valence-corrected chi connectivity index (χ4v) is 1.93. The van der Waals surface area contributed by atoms with Crippen LogP contribution in [0.2, 0.25) is 0 Å². The zero-order valence-corrected chi connectivity index (χ0v) is 11.0. The number of aliphatic hydroxyl groups is 1. The van der Waals surface area contributed by atoms with E-state index in [1.165, 1.54) is 0 Å². The summed E-state index contributed by atoms with van der Waals surface area (Å²) in [5, 5.41) is 9.14. The van der Waals surface area contributed by atoms with Crippen LogP contribution in [0, 0.1) is 0 Å². The van der Waals surface area contributed by atoms with Gasteiger partial charge < -0.3 is 14.4 Å². The normalized spacial score (nSPS) is 15.4. The molecule has 6 nitrogen and oxygen atoms in total. The Morgan fingerprint density at radius 1 is 1.50 bits per heavy atom. The van der Waals surface area contributed by atoms with Crippen LogP contribution in [-0.2, 0) is 24.4 Å². The van der Waals surface area contributed by atoms with Crippen molar-refractivity contribution in [3.8, 4) is 0 Å². The standard InChI is InChI=1S/C12H19N3O3/c1-12(2,3)18-11(17)14-4-5-15-9(8-16)6-13-10(15)7-14/h6,16H,4-5,7-8H2,1-3H3. The Morgan fingerprint density at radius 3 is 2.83 bits per heavy atom. The van der Waals surface area contributed by atoms with Gasteiger partial charge >= 0.3 is 6.09 Å². The molecular formula is C12H19N3O3. The molecule has 0 aromatic carbocycles. The molecule has 6 heteroatoms. The fraction of sp³-hybridized carbons (Fsp3) is 0.667. The highest BCUT2D eigenvalue weighted by atomic mass is 16.6. The molecule has 0 saturated heterocycles. The lowest BCUT2D eigenvalue weighted by Crippen LogP contribution is -2.41. The Kier molecular flexibility index (Phi) is 3.30. The van der Waals surface area contributed by atoms with Crippen LogP contribution in [0.25, 0.3) is 0 Å². The number of aliphatic hydroxyl groups excluding tert-OH is 1. The number of fused-ring (bicyclic) bond motifs is 1. The number of carbonyl (C=O) groups excluding carboxylic acids is 1. The number of hydrogen-bond acceptors (Lipinski definition) is 4. The maximum absolute atomic E-state index is 11.9. The number of hydrogen-bond donors (Lipinski definition) is 1. The van der Waals surface area contributed by atoms with E-state index < -0.39 is 5.60 Å². The maximum Gasteiger partial charge on any atom is 0.410 e. The van der Waals surface area contributed by atoms with Crippen LogP contribution < -0.4 is 0 Å². The first-order chi connectivity index (χ1) is 8.40. The second-order valence-electron chi connectivity index (χ2n) is 5.38. The van der Waals surface area contributed by atoms with Gasteiger partial charge in [0.2, 0.25) is 0 Å². The Hall–Kier alpha value is -1.56. The molecule has 1 aliphatic heterocycles. The lowest BCUT2D eigenvalue weighted by Gasteiger charge is -2.30. The fourth-order valence-electron chi connectivity index (χ4n) is 1.93. The predicted octanol–water partition coefficient (Wildman–Crippen LogP) is 1.13. The van der Waals surface area contributed by atoms with E-state index in [-0.39, 0.29) is 12.7 Å². The zero-order chi connectivity index (χ0) is 13.3. The summed E-state index contributed by atoms with van der Waals surface area (Å²) in [7, 11) is 0. The summed E-state index contributed by atoms with van der Waals surface area (Å²) in [5.41, 5.74) is 0.300. The molecule has 1 N–H and O–H groups in total. The van der Waals surface area contributed by atoms with Crippen LogP contribution in [0.3, 0.4) is 0 Å². The van der Waals surface area contributed by atoms with Crippen LogP contribution in [0.5, 0.6) is 0 Å². The number of carbonyl (C=O) groups is 1. The third kappa shape index (κ3) is 2.64. The number of amides is 1. The van der Waals surface area contributed by atoms with Crippen molar-refractivity contribution < 1.29 is 14.6 Å². The van der Waals surface area contributed by atoms with Gasteiger partial charge in [0.05, 0.1) is 25.0 Å². The summed E-state index contributed by atoms with van der Waals surface area (Å²) in [4.78, 5) is 17.8. The second-order valence-corrected chi connectivity index (χ2v) is 5.38. The van der Waals surface area contributed by atoms with Gasteiger partial charge in [-0.1, -0.05) is 0 Å². The second kappa shape index (κ2) is 4.61. The molecule has 0 atom stereocenters. The Bertz CT molecular complexity index is 448. The lowest BCUT2D eigenvalue weighted by molar-refractivity contribution is 0.0193. The highest BCUT2D eigenvalue weighted by Crippen LogP contribution is 2.17. The highest BCUT2D eigenvalue weighted by molar-refractivity contribution is 5.68. The molecule has 1 aromatic rings. The molecular weight excluding hydrogens is 234 g/mol. The number of rotatable bonds is 1. The SMILES string of the molecule is CC(C)(C)OC(=O)N1CCn2c(CO)cnc2C1. The summed E-state index contributed by atoms with van der Waals surface area (Å²) < 4.78 is 7.27. The Balaban J connectivity index is 2.06. The molecule has 0 bridgehead atoms. The molecule has 1 aliphatic rings. The first-order valence-corrected chi connectivity index (χ1v) is 6.03. The van der Waals surface area contributed by atoms with Crippen molar-refractivity contribution in [2.24, 2.45) is 0 Å². The van der Waals surface area contributed by atoms with Crippen LogP contribution in [0.1, 0.15) is 32.3 Å². The van der Waals surface area contributed by atoms with E-state index in [1.54, 1.807) is 11.1 Å². The van der Waals surface area contributed by atoms with Crippen molar-refractivity contribution in [1.82, 2.24) is 14.5 Å². The van der Waals surface area contributed by atoms with E-state index in [1.807, 2.05) is 25.3 Å². The monoisotopic (exact) mass is 253 g/mol. The van der Waals surface area contributed by atoms with Gasteiger partial charge in [-0.05, 0) is 20.8 Å². The highest BCUT2D eigenvalue weighted by Gasteiger charge is 2.27. The third-order valence-corrected chi connectivity index (χ3v) is 2.76. The third-order valence-electron chi connectivity index (χ3n) is 2.76. The topological polar surface area (TPSA) is 67.6 Å². The quantitative estimate of drug-likeness (QED) is 0.814. The largest absolute Gasteiger partial charge is 0.444 e. The summed E-state index contributed by atoms with van der Waals surface area (Å²) in [6, 6.07) is 0.